The predicted molar refractivity (Wildman–Crippen MR) is 107 cm³/mol. The lowest BCUT2D eigenvalue weighted by Crippen LogP contribution is -2.28. The SMILES string of the molecule is CC(CC(=O)c1ccc2c(c1)SCCO2)N1C=C(c2ccccc2)CC1. The van der Waals surface area contributed by atoms with E-state index < -0.39 is 0 Å². The van der Waals surface area contributed by atoms with Gasteiger partial charge in [-0.15, -0.1) is 11.8 Å². The van der Waals surface area contributed by atoms with Crippen LogP contribution in [0.2, 0.25) is 0 Å². The Hall–Kier alpha value is -2.20. The average molecular weight is 365 g/mol. The lowest BCUT2D eigenvalue weighted by Gasteiger charge is -2.24. The fourth-order valence-electron chi connectivity index (χ4n) is 3.52. The van der Waals surface area contributed by atoms with Gasteiger partial charge in [0.25, 0.3) is 0 Å². The number of Topliss-reactive ketones (excluding diaryl/α,β-unsaturated/α-hetero) is 1. The summed E-state index contributed by atoms with van der Waals surface area (Å²) < 4.78 is 5.63. The van der Waals surface area contributed by atoms with E-state index >= 15 is 0 Å². The van der Waals surface area contributed by atoms with Crippen LogP contribution >= 0.6 is 11.8 Å². The Morgan fingerprint density at radius 2 is 2.08 bits per heavy atom. The average Bonchev–Trinajstić information content (AvgIpc) is 3.18. The summed E-state index contributed by atoms with van der Waals surface area (Å²) in [5.41, 5.74) is 3.42. The number of fused-ring (bicyclic) bond motifs is 1. The van der Waals surface area contributed by atoms with Gasteiger partial charge in [-0.05, 0) is 42.7 Å². The molecule has 0 saturated heterocycles. The maximum Gasteiger partial charge on any atom is 0.164 e. The Morgan fingerprint density at radius 1 is 1.23 bits per heavy atom. The van der Waals surface area contributed by atoms with Crippen molar-refractivity contribution in [1.82, 2.24) is 4.90 Å². The van der Waals surface area contributed by atoms with Crippen LogP contribution in [0.5, 0.6) is 5.75 Å². The summed E-state index contributed by atoms with van der Waals surface area (Å²) in [5.74, 6) is 2.05. The van der Waals surface area contributed by atoms with Crippen molar-refractivity contribution < 1.29 is 9.53 Å². The zero-order valence-electron chi connectivity index (χ0n) is 15.0. The maximum absolute atomic E-state index is 12.8. The molecule has 1 atom stereocenters. The van der Waals surface area contributed by atoms with Crippen molar-refractivity contribution in [3.05, 3.63) is 65.9 Å². The molecule has 0 amide bonds. The van der Waals surface area contributed by atoms with Crippen molar-refractivity contribution in [2.45, 2.75) is 30.7 Å². The van der Waals surface area contributed by atoms with Crippen LogP contribution in [0.15, 0.2) is 59.6 Å². The summed E-state index contributed by atoms with van der Waals surface area (Å²) in [6.07, 6.45) is 3.79. The highest BCUT2D eigenvalue weighted by atomic mass is 32.2. The van der Waals surface area contributed by atoms with Crippen LogP contribution in [0.4, 0.5) is 0 Å². The molecule has 2 aliphatic heterocycles. The van der Waals surface area contributed by atoms with Gasteiger partial charge in [-0.3, -0.25) is 4.79 Å². The number of benzene rings is 2. The van der Waals surface area contributed by atoms with Gasteiger partial charge in [-0.2, -0.15) is 0 Å². The number of rotatable bonds is 5. The third-order valence-corrected chi connectivity index (χ3v) is 6.02. The molecule has 0 radical (unpaired) electrons. The van der Waals surface area contributed by atoms with E-state index in [4.69, 9.17) is 4.74 Å². The number of nitrogens with zero attached hydrogens (tertiary/aromatic N) is 1. The van der Waals surface area contributed by atoms with Crippen molar-refractivity contribution in [2.24, 2.45) is 0 Å². The summed E-state index contributed by atoms with van der Waals surface area (Å²) in [6, 6.07) is 16.5. The van der Waals surface area contributed by atoms with Gasteiger partial charge in [-0.25, -0.2) is 0 Å². The zero-order chi connectivity index (χ0) is 17.9. The molecular weight excluding hydrogens is 342 g/mol. The van der Waals surface area contributed by atoms with Gasteiger partial charge in [0.05, 0.1) is 11.5 Å². The molecule has 0 aromatic heterocycles. The molecule has 3 nitrogen and oxygen atoms in total. The number of ketones is 1. The summed E-state index contributed by atoms with van der Waals surface area (Å²) in [6.45, 7) is 3.86. The van der Waals surface area contributed by atoms with E-state index in [1.165, 1.54) is 11.1 Å². The van der Waals surface area contributed by atoms with Gasteiger partial charge in [0, 0.05) is 36.5 Å². The molecule has 4 rings (SSSR count). The molecule has 1 unspecified atom stereocenters. The fourth-order valence-corrected chi connectivity index (χ4v) is 4.38. The lowest BCUT2D eigenvalue weighted by molar-refractivity contribution is 0.0951. The Balaban J connectivity index is 1.42. The minimum absolute atomic E-state index is 0.198. The molecule has 0 saturated carbocycles. The van der Waals surface area contributed by atoms with E-state index in [1.54, 1.807) is 11.8 Å². The van der Waals surface area contributed by atoms with Crippen LogP contribution in [0.25, 0.3) is 5.57 Å². The Kier molecular flexibility index (Phi) is 5.02. The number of hydrogen-bond acceptors (Lipinski definition) is 4. The molecule has 26 heavy (non-hydrogen) atoms. The first kappa shape index (κ1) is 17.2. The summed E-state index contributed by atoms with van der Waals surface area (Å²) >= 11 is 1.77. The first-order chi connectivity index (χ1) is 12.7. The third kappa shape index (κ3) is 3.65. The monoisotopic (exact) mass is 365 g/mol. The quantitative estimate of drug-likeness (QED) is 0.707. The van der Waals surface area contributed by atoms with E-state index in [0.29, 0.717) is 6.42 Å². The second kappa shape index (κ2) is 7.58. The van der Waals surface area contributed by atoms with Gasteiger partial charge >= 0.3 is 0 Å². The van der Waals surface area contributed by atoms with Crippen LogP contribution < -0.4 is 4.74 Å². The number of thioether (sulfide) groups is 1. The topological polar surface area (TPSA) is 29.5 Å². The molecule has 2 aliphatic rings. The minimum Gasteiger partial charge on any atom is -0.492 e. The van der Waals surface area contributed by atoms with Gasteiger partial charge in [0.15, 0.2) is 5.78 Å². The highest BCUT2D eigenvalue weighted by molar-refractivity contribution is 7.99. The van der Waals surface area contributed by atoms with Gasteiger partial charge in [-0.1, -0.05) is 30.3 Å². The molecule has 0 N–H and O–H groups in total. The number of hydrogen-bond donors (Lipinski definition) is 0. The largest absolute Gasteiger partial charge is 0.492 e. The molecule has 2 heterocycles. The van der Waals surface area contributed by atoms with E-state index in [-0.39, 0.29) is 11.8 Å². The van der Waals surface area contributed by atoms with Crippen LogP contribution in [0, 0.1) is 0 Å². The first-order valence-corrected chi connectivity index (χ1v) is 10.1. The molecule has 0 spiro atoms. The van der Waals surface area contributed by atoms with E-state index in [0.717, 1.165) is 41.5 Å². The molecule has 0 bridgehead atoms. The van der Waals surface area contributed by atoms with Crippen molar-refractivity contribution in [1.29, 1.82) is 0 Å². The smallest absolute Gasteiger partial charge is 0.164 e. The molecule has 134 valence electrons. The molecule has 2 aromatic rings. The number of carbonyl (C=O) groups excluding carboxylic acids is 1. The maximum atomic E-state index is 12.8. The molecule has 2 aromatic carbocycles. The first-order valence-electron chi connectivity index (χ1n) is 9.15. The lowest BCUT2D eigenvalue weighted by atomic mass is 10.0. The van der Waals surface area contributed by atoms with Gasteiger partial charge < -0.3 is 9.64 Å². The Bertz CT molecular complexity index is 831. The molecule has 0 aliphatic carbocycles. The van der Waals surface area contributed by atoms with Crippen LogP contribution in [-0.2, 0) is 0 Å². The Labute approximate surface area is 159 Å². The third-order valence-electron chi connectivity index (χ3n) is 5.02. The van der Waals surface area contributed by atoms with E-state index in [1.807, 2.05) is 24.3 Å². The zero-order valence-corrected chi connectivity index (χ0v) is 15.8. The fraction of sp³-hybridized carbons (Fsp3) is 0.318. The van der Waals surface area contributed by atoms with Crippen LogP contribution in [-0.4, -0.2) is 35.6 Å². The van der Waals surface area contributed by atoms with E-state index in [9.17, 15) is 4.79 Å². The second-order valence-electron chi connectivity index (χ2n) is 6.84. The van der Waals surface area contributed by atoms with Crippen molar-refractivity contribution in [3.63, 3.8) is 0 Å². The van der Waals surface area contributed by atoms with Crippen molar-refractivity contribution in [3.8, 4) is 5.75 Å². The summed E-state index contributed by atoms with van der Waals surface area (Å²) in [5, 5.41) is 0. The molecule has 0 fully saturated rings. The van der Waals surface area contributed by atoms with Gasteiger partial charge in [0.2, 0.25) is 0 Å². The summed E-state index contributed by atoms with van der Waals surface area (Å²) in [7, 11) is 0. The Morgan fingerprint density at radius 3 is 2.92 bits per heavy atom. The normalized spacial score (nSPS) is 17.3. The summed E-state index contributed by atoms with van der Waals surface area (Å²) in [4.78, 5) is 16.1. The molecule has 4 heteroatoms. The van der Waals surface area contributed by atoms with Crippen LogP contribution in [0.1, 0.15) is 35.7 Å². The highest BCUT2D eigenvalue weighted by Gasteiger charge is 2.22. The number of carbonyl (C=O) groups is 1. The van der Waals surface area contributed by atoms with Gasteiger partial charge in [0.1, 0.15) is 5.75 Å². The second-order valence-corrected chi connectivity index (χ2v) is 7.98. The predicted octanol–water partition coefficient (Wildman–Crippen LogP) is 4.88. The number of ether oxygens (including phenoxy) is 1. The highest BCUT2D eigenvalue weighted by Crippen LogP contribution is 2.34. The molecular formula is C22H23NO2S. The van der Waals surface area contributed by atoms with Crippen molar-refractivity contribution >= 4 is 23.1 Å². The minimum atomic E-state index is 0.198. The van der Waals surface area contributed by atoms with E-state index in [2.05, 4.69) is 42.3 Å². The van der Waals surface area contributed by atoms with Crippen molar-refractivity contribution in [2.75, 3.05) is 18.9 Å². The van der Waals surface area contributed by atoms with Crippen LogP contribution in [0.3, 0.4) is 0 Å². The standard InChI is InChI=1S/C22H23NO2S/c1-16(23-10-9-19(15-23)17-5-3-2-4-6-17)13-20(24)18-7-8-21-22(14-18)26-12-11-25-21/h2-8,14-16H,9-13H2,1H3.